The Labute approximate surface area is 226 Å². The molecule has 2 aromatic rings. The van der Waals surface area contributed by atoms with Gasteiger partial charge in [-0.1, -0.05) is 77.1 Å². The predicted octanol–water partition coefficient (Wildman–Crippen LogP) is 10.0. The summed E-state index contributed by atoms with van der Waals surface area (Å²) in [5.74, 6) is 0. The number of allylic oxidation sites excluding steroid dienone is 2. The van der Waals surface area contributed by atoms with Gasteiger partial charge >= 0.3 is 16.5 Å². The van der Waals surface area contributed by atoms with Gasteiger partial charge in [0.05, 0.1) is 0 Å². The first-order chi connectivity index (χ1) is 15.7. The molecule has 0 saturated carbocycles. The first kappa shape index (κ1) is 33.0. The SMILES string of the molecule is CCCCCc1cccc(C2=CC(CCCC)=C(c3cccc(CCCCC)c3)[N+]2=[N-])c1.[CH3-].[CH3-].[Ni+2]. The molecule has 35 heavy (non-hydrogen) atoms. The van der Waals surface area contributed by atoms with E-state index in [1.54, 1.807) is 0 Å². The Morgan fingerprint density at radius 3 is 1.71 bits per heavy atom. The van der Waals surface area contributed by atoms with E-state index in [1.165, 1.54) is 59.9 Å². The molecular formula is C32H46N2Ni. The van der Waals surface area contributed by atoms with Gasteiger partial charge in [0.15, 0.2) is 0 Å². The second-order valence-electron chi connectivity index (χ2n) is 9.13. The largest absolute Gasteiger partial charge is 2.00 e. The van der Waals surface area contributed by atoms with E-state index in [4.69, 9.17) is 0 Å². The van der Waals surface area contributed by atoms with Crippen molar-refractivity contribution in [3.63, 3.8) is 0 Å². The summed E-state index contributed by atoms with van der Waals surface area (Å²) in [6, 6.07) is 17.5. The van der Waals surface area contributed by atoms with E-state index in [9.17, 15) is 5.53 Å². The summed E-state index contributed by atoms with van der Waals surface area (Å²) in [6.45, 7) is 6.72. The number of rotatable bonds is 13. The second-order valence-corrected chi connectivity index (χ2v) is 9.13. The summed E-state index contributed by atoms with van der Waals surface area (Å²) in [5.41, 5.74) is 19.4. The molecule has 0 unspecified atom stereocenters. The maximum atomic E-state index is 11.3. The van der Waals surface area contributed by atoms with Crippen molar-refractivity contribution in [2.75, 3.05) is 0 Å². The third-order valence-corrected chi connectivity index (χ3v) is 6.42. The molecule has 0 fully saturated rings. The van der Waals surface area contributed by atoms with Crippen LogP contribution in [0.2, 0.25) is 0 Å². The number of hydrogen-bond acceptors (Lipinski definition) is 0. The second kappa shape index (κ2) is 17.4. The first-order valence-electron chi connectivity index (χ1n) is 12.8. The molecule has 3 heteroatoms. The molecule has 0 amide bonds. The zero-order valence-electron chi connectivity index (χ0n) is 22.7. The van der Waals surface area contributed by atoms with Crippen molar-refractivity contribution in [2.45, 2.75) is 91.4 Å². The maximum Gasteiger partial charge on any atom is 2.00 e. The summed E-state index contributed by atoms with van der Waals surface area (Å²) in [7, 11) is 0. The minimum atomic E-state index is 0. The fourth-order valence-corrected chi connectivity index (χ4v) is 4.54. The minimum Gasteiger partial charge on any atom is -0.493 e. The van der Waals surface area contributed by atoms with Gasteiger partial charge in [0.2, 0.25) is 11.4 Å². The Morgan fingerprint density at radius 2 is 1.17 bits per heavy atom. The molecule has 1 aliphatic heterocycles. The number of unbranched alkanes of at least 4 members (excludes halogenated alkanes) is 5. The molecule has 0 bridgehead atoms. The third kappa shape index (κ3) is 9.19. The summed E-state index contributed by atoms with van der Waals surface area (Å²) in [4.78, 5) is 0. The topological polar surface area (TPSA) is 25.3 Å². The van der Waals surface area contributed by atoms with E-state index in [1.807, 2.05) is 0 Å². The van der Waals surface area contributed by atoms with Crippen molar-refractivity contribution in [3.05, 3.63) is 103 Å². The van der Waals surface area contributed by atoms with E-state index in [0.29, 0.717) is 0 Å². The van der Waals surface area contributed by atoms with Gasteiger partial charge < -0.3 is 20.4 Å². The van der Waals surface area contributed by atoms with Gasteiger partial charge in [0.1, 0.15) is 0 Å². The third-order valence-electron chi connectivity index (χ3n) is 6.42. The van der Waals surface area contributed by atoms with Gasteiger partial charge in [-0.2, -0.15) is 0 Å². The van der Waals surface area contributed by atoms with Crippen molar-refractivity contribution in [3.8, 4) is 0 Å². The molecule has 0 N–H and O–H groups in total. The van der Waals surface area contributed by atoms with Crippen LogP contribution < -0.4 is 0 Å². The molecule has 0 aliphatic carbocycles. The molecule has 1 aliphatic rings. The van der Waals surface area contributed by atoms with Crippen LogP contribution in [0.15, 0.2) is 60.2 Å². The van der Waals surface area contributed by atoms with Crippen LogP contribution in [0, 0.1) is 14.9 Å². The van der Waals surface area contributed by atoms with Gasteiger partial charge in [-0.05, 0) is 73.9 Å². The van der Waals surface area contributed by atoms with Gasteiger partial charge in [-0.15, -0.1) is 0 Å². The fraction of sp³-hybridized carbons (Fsp3) is 0.438. The van der Waals surface area contributed by atoms with E-state index in [0.717, 1.165) is 54.6 Å². The minimum absolute atomic E-state index is 0. The Kier molecular flexibility index (Phi) is 16.5. The molecule has 0 radical (unpaired) electrons. The van der Waals surface area contributed by atoms with E-state index in [2.05, 4.69) is 75.4 Å². The van der Waals surface area contributed by atoms with E-state index in [-0.39, 0.29) is 31.3 Å². The Hall–Kier alpha value is -1.99. The molecule has 2 aromatic carbocycles. The first-order valence-corrected chi connectivity index (χ1v) is 12.8. The van der Waals surface area contributed by atoms with Crippen LogP contribution in [0.4, 0.5) is 0 Å². The normalized spacial score (nSPS) is 12.5. The average molecular weight is 517 g/mol. The number of hydrogen-bond donors (Lipinski definition) is 0. The van der Waals surface area contributed by atoms with Gasteiger partial charge in [0, 0.05) is 22.8 Å². The zero-order chi connectivity index (χ0) is 22.8. The van der Waals surface area contributed by atoms with Crippen LogP contribution >= 0.6 is 0 Å². The van der Waals surface area contributed by atoms with E-state index >= 15 is 0 Å². The van der Waals surface area contributed by atoms with Crippen molar-refractivity contribution in [2.24, 2.45) is 0 Å². The Bertz CT molecular complexity index is 971. The molecule has 194 valence electrons. The molecular weight excluding hydrogens is 471 g/mol. The number of nitrogens with zero attached hydrogens (tertiary/aromatic N) is 2. The monoisotopic (exact) mass is 516 g/mol. The summed E-state index contributed by atoms with van der Waals surface area (Å²) >= 11 is 0. The smallest absolute Gasteiger partial charge is 0.493 e. The summed E-state index contributed by atoms with van der Waals surface area (Å²) in [6.07, 6.45) is 15.1. The molecule has 0 atom stereocenters. The van der Waals surface area contributed by atoms with Gasteiger partial charge in [0.25, 0.3) is 0 Å². The van der Waals surface area contributed by atoms with Crippen molar-refractivity contribution in [1.29, 1.82) is 0 Å². The van der Waals surface area contributed by atoms with Crippen LogP contribution in [0.3, 0.4) is 0 Å². The number of benzene rings is 2. The Morgan fingerprint density at radius 1 is 0.657 bits per heavy atom. The number of aryl methyl sites for hydroxylation is 2. The molecule has 2 nitrogen and oxygen atoms in total. The van der Waals surface area contributed by atoms with Crippen LogP contribution in [-0.4, -0.2) is 4.70 Å². The van der Waals surface area contributed by atoms with Crippen LogP contribution in [0.25, 0.3) is 16.9 Å². The van der Waals surface area contributed by atoms with E-state index < -0.39 is 0 Å². The van der Waals surface area contributed by atoms with Crippen LogP contribution in [0.1, 0.15) is 101 Å². The van der Waals surface area contributed by atoms with Gasteiger partial charge in [-0.25, -0.2) is 4.70 Å². The van der Waals surface area contributed by atoms with Crippen molar-refractivity contribution in [1.82, 2.24) is 0 Å². The molecule has 1 heterocycles. The Balaban J connectivity index is 0.00000385. The fourth-order valence-electron chi connectivity index (χ4n) is 4.54. The summed E-state index contributed by atoms with van der Waals surface area (Å²) in [5, 5.41) is 0. The maximum absolute atomic E-state index is 11.3. The average Bonchev–Trinajstić information content (AvgIpc) is 3.14. The van der Waals surface area contributed by atoms with Crippen molar-refractivity contribution >= 4 is 11.4 Å². The standard InChI is InChI=1S/C30H40N2.2CH3.Ni/c1-4-7-10-14-24-16-12-19-26(21-24)29-23-28(18-9-6-3)30(32(29)31)27-20-13-17-25(22-27)15-11-8-5-2;;;/h12-13,16-17,19-23H,4-11,14-15,18H2,1-3H3;2*1H3;/q;2*-1;+2. The molecule has 0 spiro atoms. The quantitative estimate of drug-likeness (QED) is 0.109. The van der Waals surface area contributed by atoms with Crippen LogP contribution in [-0.2, 0) is 29.3 Å². The molecule has 0 aromatic heterocycles. The van der Waals surface area contributed by atoms with Crippen molar-refractivity contribution < 1.29 is 21.2 Å². The van der Waals surface area contributed by atoms with Gasteiger partial charge in [-0.3, -0.25) is 0 Å². The van der Waals surface area contributed by atoms with Crippen LogP contribution in [0.5, 0.6) is 0 Å². The summed E-state index contributed by atoms with van der Waals surface area (Å²) < 4.78 is 1.45. The molecule has 0 saturated heterocycles. The zero-order valence-corrected chi connectivity index (χ0v) is 23.7. The predicted molar refractivity (Wildman–Crippen MR) is 150 cm³/mol. The molecule has 3 rings (SSSR count).